The molecule has 1 heterocycles. The first-order chi connectivity index (χ1) is 10.7. The number of hydrogen-bond donors (Lipinski definition) is 0. The zero-order valence-corrected chi connectivity index (χ0v) is 12.4. The highest BCUT2D eigenvalue weighted by atomic mass is 16.7. The molecular formula is C9H13N7O7. The van der Waals surface area contributed by atoms with Crippen LogP contribution in [0.5, 0.6) is 6.01 Å². The van der Waals surface area contributed by atoms with Gasteiger partial charge in [-0.25, -0.2) is 0 Å². The van der Waals surface area contributed by atoms with Crippen LogP contribution in [0.4, 0.5) is 5.95 Å². The van der Waals surface area contributed by atoms with Crippen molar-refractivity contribution in [3.8, 4) is 6.01 Å². The number of hydrogen-bond acceptors (Lipinski definition) is 11. The third kappa shape index (κ3) is 2.90. The summed E-state index contributed by atoms with van der Waals surface area (Å²) in [6.45, 7) is 4.12. The van der Waals surface area contributed by atoms with E-state index in [9.17, 15) is 30.3 Å². The lowest BCUT2D eigenvalue weighted by atomic mass is 10.3. The molecule has 0 aromatic carbocycles. The van der Waals surface area contributed by atoms with Crippen molar-refractivity contribution in [1.82, 2.24) is 15.0 Å². The lowest BCUT2D eigenvalue weighted by molar-refractivity contribution is -0.987. The number of rotatable bonds is 8. The molecule has 14 heteroatoms. The molecular weight excluding hydrogens is 318 g/mol. The molecule has 0 N–H and O–H groups in total. The van der Waals surface area contributed by atoms with Gasteiger partial charge in [-0.3, -0.25) is 30.3 Å². The molecule has 0 amide bonds. The number of nitrogens with zero attached hydrogens (tertiary/aromatic N) is 7. The van der Waals surface area contributed by atoms with Gasteiger partial charge in [-0.05, 0) is 13.8 Å². The van der Waals surface area contributed by atoms with Crippen molar-refractivity contribution in [2.24, 2.45) is 0 Å². The standard InChI is InChI=1S/C9H13N7O7/c1-4-13(5-2)7-10-6(11-8(12-7)23-3)9(14(17)18,15(19)20)16(21)22/h4-5H2,1-3H3. The normalized spacial score (nSPS) is 10.9. The SMILES string of the molecule is CCN(CC)c1nc(OC)nc(C([N+](=O)[O-])([N+](=O)[O-])[N+](=O)[O-])n1. The molecule has 23 heavy (non-hydrogen) atoms. The van der Waals surface area contributed by atoms with Gasteiger partial charge in [0, 0.05) is 13.1 Å². The first kappa shape index (κ1) is 17.9. The van der Waals surface area contributed by atoms with Crippen molar-refractivity contribution in [3.63, 3.8) is 0 Å². The van der Waals surface area contributed by atoms with Gasteiger partial charge >= 0.3 is 17.6 Å². The van der Waals surface area contributed by atoms with Crippen LogP contribution in [0.15, 0.2) is 0 Å². The van der Waals surface area contributed by atoms with Gasteiger partial charge in [0.15, 0.2) is 14.8 Å². The van der Waals surface area contributed by atoms with Gasteiger partial charge in [-0.15, -0.1) is 0 Å². The maximum absolute atomic E-state index is 11.1. The van der Waals surface area contributed by atoms with Gasteiger partial charge in [0.25, 0.3) is 0 Å². The van der Waals surface area contributed by atoms with Crippen LogP contribution in [0.3, 0.4) is 0 Å². The number of ether oxygens (including phenoxy) is 1. The molecule has 0 aliphatic carbocycles. The summed E-state index contributed by atoms with van der Waals surface area (Å²) in [7, 11) is 1.11. The summed E-state index contributed by atoms with van der Waals surface area (Å²) in [5.74, 6) is -5.39. The molecule has 0 saturated heterocycles. The summed E-state index contributed by atoms with van der Waals surface area (Å²) >= 11 is 0. The van der Waals surface area contributed by atoms with E-state index < -0.39 is 32.4 Å². The van der Waals surface area contributed by atoms with Gasteiger partial charge in [0.1, 0.15) is 0 Å². The first-order valence-electron chi connectivity index (χ1n) is 6.24. The van der Waals surface area contributed by atoms with E-state index in [0.717, 1.165) is 7.11 Å². The molecule has 1 rings (SSSR count). The minimum absolute atomic E-state index is 0.202. The zero-order valence-electron chi connectivity index (χ0n) is 12.4. The summed E-state index contributed by atoms with van der Waals surface area (Å²) in [6, 6.07) is -0.508. The highest BCUT2D eigenvalue weighted by molar-refractivity contribution is 5.30. The topological polar surface area (TPSA) is 181 Å². The Morgan fingerprint density at radius 2 is 1.48 bits per heavy atom. The number of anilines is 1. The molecule has 1 aromatic heterocycles. The summed E-state index contributed by atoms with van der Waals surface area (Å²) in [5, 5.41) is 33.3. The number of aromatic nitrogens is 3. The van der Waals surface area contributed by atoms with Gasteiger partial charge in [0.2, 0.25) is 5.95 Å². The van der Waals surface area contributed by atoms with Crippen molar-refractivity contribution in [2.75, 3.05) is 25.1 Å². The van der Waals surface area contributed by atoms with Gasteiger partial charge in [-0.1, -0.05) is 0 Å². The molecule has 0 aliphatic heterocycles. The molecule has 14 nitrogen and oxygen atoms in total. The van der Waals surface area contributed by atoms with Gasteiger partial charge in [-0.2, -0.15) is 15.0 Å². The van der Waals surface area contributed by atoms with Crippen molar-refractivity contribution < 1.29 is 19.5 Å². The van der Waals surface area contributed by atoms with E-state index in [2.05, 4.69) is 15.0 Å². The zero-order chi connectivity index (χ0) is 17.8. The maximum atomic E-state index is 11.1. The van der Waals surface area contributed by atoms with Gasteiger partial charge in [0.05, 0.1) is 7.11 Å². The minimum atomic E-state index is -3.95. The Labute approximate surface area is 128 Å². The molecule has 0 fully saturated rings. The van der Waals surface area contributed by atoms with Crippen molar-refractivity contribution in [1.29, 1.82) is 0 Å². The second kappa shape index (κ2) is 6.71. The highest BCUT2D eigenvalue weighted by Crippen LogP contribution is 2.26. The summed E-state index contributed by atoms with van der Waals surface area (Å²) in [5.41, 5.74) is 0. The average Bonchev–Trinajstić information content (AvgIpc) is 2.47. The van der Waals surface area contributed by atoms with Crippen LogP contribution in [0.2, 0.25) is 0 Å². The fourth-order valence-corrected chi connectivity index (χ4v) is 1.68. The predicted octanol–water partition coefficient (Wildman–Crippen LogP) is -0.333. The monoisotopic (exact) mass is 331 g/mol. The maximum Gasteiger partial charge on any atom is 0.763 e. The fraction of sp³-hybridized carbons (Fsp3) is 0.667. The van der Waals surface area contributed by atoms with E-state index in [1.165, 1.54) is 4.90 Å². The van der Waals surface area contributed by atoms with E-state index in [1.807, 2.05) is 0 Å². The van der Waals surface area contributed by atoms with Crippen LogP contribution in [0, 0.1) is 30.3 Å². The first-order valence-corrected chi connectivity index (χ1v) is 6.24. The van der Waals surface area contributed by atoms with Crippen LogP contribution in [0.25, 0.3) is 0 Å². The Bertz CT molecular complexity index is 597. The molecule has 0 atom stereocenters. The molecule has 1 aromatic rings. The lowest BCUT2D eigenvalue weighted by Gasteiger charge is -2.19. The smallest absolute Gasteiger partial charge is 0.467 e. The third-order valence-electron chi connectivity index (χ3n) is 2.90. The molecule has 0 unspecified atom stereocenters. The van der Waals surface area contributed by atoms with E-state index in [1.54, 1.807) is 13.8 Å². The lowest BCUT2D eigenvalue weighted by Crippen LogP contribution is -2.51. The predicted molar refractivity (Wildman–Crippen MR) is 72.6 cm³/mol. The second-order valence-electron chi connectivity index (χ2n) is 4.02. The van der Waals surface area contributed by atoms with E-state index in [4.69, 9.17) is 4.74 Å². The minimum Gasteiger partial charge on any atom is -0.467 e. The summed E-state index contributed by atoms with van der Waals surface area (Å²) in [6.07, 6.45) is 0. The molecule has 0 saturated carbocycles. The Morgan fingerprint density at radius 1 is 1.00 bits per heavy atom. The second-order valence-corrected chi connectivity index (χ2v) is 4.02. The average molecular weight is 331 g/mol. The largest absolute Gasteiger partial charge is 0.763 e. The molecule has 0 spiro atoms. The Hall–Kier alpha value is -3.19. The summed E-state index contributed by atoms with van der Waals surface area (Å²) < 4.78 is 4.71. The Balaban J connectivity index is 3.73. The van der Waals surface area contributed by atoms with Gasteiger partial charge < -0.3 is 9.64 Å². The van der Waals surface area contributed by atoms with Crippen molar-refractivity contribution in [3.05, 3.63) is 36.2 Å². The van der Waals surface area contributed by atoms with Crippen LogP contribution < -0.4 is 9.64 Å². The van der Waals surface area contributed by atoms with Crippen LogP contribution in [-0.4, -0.2) is 49.9 Å². The van der Waals surface area contributed by atoms with Crippen LogP contribution >= 0.6 is 0 Å². The molecule has 0 radical (unpaired) electrons. The summed E-state index contributed by atoms with van der Waals surface area (Å²) in [4.78, 5) is 40.4. The van der Waals surface area contributed by atoms with Crippen molar-refractivity contribution >= 4 is 5.95 Å². The van der Waals surface area contributed by atoms with Crippen LogP contribution in [-0.2, 0) is 5.79 Å². The molecule has 126 valence electrons. The van der Waals surface area contributed by atoms with Crippen LogP contribution in [0.1, 0.15) is 19.7 Å². The third-order valence-corrected chi connectivity index (χ3v) is 2.90. The van der Waals surface area contributed by atoms with E-state index in [-0.39, 0.29) is 5.95 Å². The fourth-order valence-electron chi connectivity index (χ4n) is 1.68. The van der Waals surface area contributed by atoms with E-state index >= 15 is 0 Å². The highest BCUT2D eigenvalue weighted by Gasteiger charge is 2.76. The Kier molecular flexibility index (Phi) is 5.21. The quantitative estimate of drug-likeness (QED) is 0.345. The van der Waals surface area contributed by atoms with Crippen molar-refractivity contribution in [2.45, 2.75) is 19.6 Å². The number of nitro groups is 3. The number of methoxy groups -OCH3 is 1. The molecule has 0 bridgehead atoms. The molecule has 0 aliphatic rings. The van der Waals surface area contributed by atoms with E-state index in [0.29, 0.717) is 13.1 Å². The Morgan fingerprint density at radius 3 is 1.83 bits per heavy atom.